The van der Waals surface area contributed by atoms with E-state index in [0.29, 0.717) is 17.8 Å². The summed E-state index contributed by atoms with van der Waals surface area (Å²) in [6.07, 6.45) is 5.16. The zero-order chi connectivity index (χ0) is 18.8. The fourth-order valence-corrected chi connectivity index (χ4v) is 4.75. The summed E-state index contributed by atoms with van der Waals surface area (Å²) in [5.74, 6) is 1.39. The van der Waals surface area contributed by atoms with Crippen molar-refractivity contribution in [1.29, 1.82) is 0 Å². The number of pyridine rings is 1. The molecule has 4 rings (SSSR count). The molecule has 2 atom stereocenters. The Hall–Kier alpha value is -2.34. The fourth-order valence-electron chi connectivity index (χ4n) is 3.88. The number of nitrogens with one attached hydrogen (secondary N) is 1. The number of hydrogen-bond donors (Lipinski definition) is 1. The molecule has 0 spiro atoms. The third-order valence-electron chi connectivity index (χ3n) is 5.23. The van der Waals surface area contributed by atoms with Crippen LogP contribution in [0.2, 0.25) is 0 Å². The van der Waals surface area contributed by atoms with Crippen molar-refractivity contribution < 1.29 is 4.79 Å². The van der Waals surface area contributed by atoms with Gasteiger partial charge in [0.1, 0.15) is 10.9 Å². The lowest BCUT2D eigenvalue weighted by Gasteiger charge is -2.39. The van der Waals surface area contributed by atoms with Crippen LogP contribution in [0, 0.1) is 0 Å². The van der Waals surface area contributed by atoms with Gasteiger partial charge in [0.15, 0.2) is 0 Å². The van der Waals surface area contributed by atoms with Crippen molar-refractivity contribution in [3.63, 3.8) is 0 Å². The summed E-state index contributed by atoms with van der Waals surface area (Å²) < 4.78 is 0. The van der Waals surface area contributed by atoms with Crippen LogP contribution < -0.4 is 0 Å². The molecule has 1 aromatic carbocycles. The highest BCUT2D eigenvalue weighted by atomic mass is 32.2. The van der Waals surface area contributed by atoms with E-state index in [2.05, 4.69) is 33.7 Å². The minimum atomic E-state index is 0.195. The van der Waals surface area contributed by atoms with Crippen LogP contribution in [0.4, 0.5) is 0 Å². The van der Waals surface area contributed by atoms with Crippen LogP contribution in [0.25, 0.3) is 22.4 Å². The first-order valence-electron chi connectivity index (χ1n) is 9.47. The summed E-state index contributed by atoms with van der Waals surface area (Å²) in [7, 11) is 0. The van der Waals surface area contributed by atoms with E-state index in [-0.39, 0.29) is 5.91 Å². The summed E-state index contributed by atoms with van der Waals surface area (Å²) in [4.78, 5) is 27.4. The summed E-state index contributed by atoms with van der Waals surface area (Å²) in [5.41, 5.74) is 2.87. The first kappa shape index (κ1) is 18.0. The second kappa shape index (κ2) is 7.72. The molecule has 3 aromatic rings. The molecule has 2 unspecified atom stereocenters. The monoisotopic (exact) mass is 380 g/mol. The molecule has 0 saturated carbocycles. The molecular weight excluding hydrogens is 356 g/mol. The predicted molar refractivity (Wildman–Crippen MR) is 110 cm³/mol. The SMILES string of the molecule is CC1CCCC(C)N1C(=O)CSc1ncccc1-c1nc2ccccc2[nH]1. The lowest BCUT2D eigenvalue weighted by molar-refractivity contribution is -0.134. The molecule has 2 aromatic heterocycles. The van der Waals surface area contributed by atoms with E-state index in [4.69, 9.17) is 0 Å². The normalized spacial score (nSPS) is 20.1. The molecule has 140 valence electrons. The lowest BCUT2D eigenvalue weighted by Crippen LogP contribution is -2.48. The Bertz CT molecular complexity index is 911. The highest BCUT2D eigenvalue weighted by Gasteiger charge is 2.28. The minimum absolute atomic E-state index is 0.195. The Morgan fingerprint density at radius 3 is 2.74 bits per heavy atom. The van der Waals surface area contributed by atoms with Crippen LogP contribution in [0.5, 0.6) is 0 Å². The third-order valence-corrected chi connectivity index (χ3v) is 6.22. The number of imidazole rings is 1. The van der Waals surface area contributed by atoms with E-state index in [9.17, 15) is 4.79 Å². The van der Waals surface area contributed by atoms with Gasteiger partial charge >= 0.3 is 0 Å². The van der Waals surface area contributed by atoms with Gasteiger partial charge in [0, 0.05) is 23.8 Å². The molecule has 1 aliphatic heterocycles. The van der Waals surface area contributed by atoms with Gasteiger partial charge in [-0.3, -0.25) is 4.79 Å². The number of fused-ring (bicyclic) bond motifs is 1. The molecule has 1 amide bonds. The van der Waals surface area contributed by atoms with Gasteiger partial charge in [-0.2, -0.15) is 0 Å². The second-order valence-corrected chi connectivity index (χ2v) is 8.14. The summed E-state index contributed by atoms with van der Waals surface area (Å²) in [5, 5.41) is 0.835. The predicted octanol–water partition coefficient (Wildman–Crippen LogP) is 4.51. The summed E-state index contributed by atoms with van der Waals surface area (Å²) in [6, 6.07) is 12.5. The van der Waals surface area contributed by atoms with Gasteiger partial charge in [-0.25, -0.2) is 9.97 Å². The average molecular weight is 381 g/mol. The number of para-hydroxylation sites is 2. The molecule has 1 saturated heterocycles. The van der Waals surface area contributed by atoms with Crippen molar-refractivity contribution in [3.8, 4) is 11.4 Å². The van der Waals surface area contributed by atoms with Gasteiger partial charge in [0.2, 0.25) is 5.91 Å². The highest BCUT2D eigenvalue weighted by molar-refractivity contribution is 8.00. The van der Waals surface area contributed by atoms with Gasteiger partial charge in [-0.15, -0.1) is 0 Å². The molecule has 1 N–H and O–H groups in total. The van der Waals surface area contributed by atoms with Crippen molar-refractivity contribution >= 4 is 28.7 Å². The van der Waals surface area contributed by atoms with Crippen molar-refractivity contribution in [2.45, 2.75) is 50.2 Å². The minimum Gasteiger partial charge on any atom is -0.338 e. The zero-order valence-corrected chi connectivity index (χ0v) is 16.5. The van der Waals surface area contributed by atoms with Crippen molar-refractivity contribution in [3.05, 3.63) is 42.6 Å². The summed E-state index contributed by atoms with van der Waals surface area (Å²) >= 11 is 1.50. The first-order valence-corrected chi connectivity index (χ1v) is 10.5. The summed E-state index contributed by atoms with van der Waals surface area (Å²) in [6.45, 7) is 4.30. The number of carbonyl (C=O) groups excluding carboxylic acids is 1. The van der Waals surface area contributed by atoms with E-state index < -0.39 is 0 Å². The van der Waals surface area contributed by atoms with Crippen LogP contribution >= 0.6 is 11.8 Å². The number of amides is 1. The van der Waals surface area contributed by atoms with Crippen LogP contribution in [0.3, 0.4) is 0 Å². The van der Waals surface area contributed by atoms with E-state index >= 15 is 0 Å². The standard InChI is InChI=1S/C21H24N4OS/c1-14-7-5-8-15(2)25(14)19(26)13-27-21-16(9-6-12-22-21)20-23-17-10-3-4-11-18(17)24-20/h3-4,6,9-12,14-15H,5,7-8,13H2,1-2H3,(H,23,24). The smallest absolute Gasteiger partial charge is 0.233 e. The molecule has 27 heavy (non-hydrogen) atoms. The molecule has 3 heterocycles. The molecule has 6 heteroatoms. The number of piperidine rings is 1. The maximum absolute atomic E-state index is 12.8. The number of aromatic nitrogens is 3. The molecule has 1 fully saturated rings. The van der Waals surface area contributed by atoms with Gasteiger partial charge < -0.3 is 9.88 Å². The number of likely N-dealkylation sites (tertiary alicyclic amines) is 1. The largest absolute Gasteiger partial charge is 0.338 e. The van der Waals surface area contributed by atoms with Gasteiger partial charge in [-0.05, 0) is 57.4 Å². The zero-order valence-electron chi connectivity index (χ0n) is 15.7. The number of aromatic amines is 1. The number of benzene rings is 1. The number of rotatable bonds is 4. The number of thioether (sulfide) groups is 1. The van der Waals surface area contributed by atoms with Gasteiger partial charge in [-0.1, -0.05) is 23.9 Å². The van der Waals surface area contributed by atoms with Crippen LogP contribution in [-0.2, 0) is 4.79 Å². The number of H-pyrrole nitrogens is 1. The van der Waals surface area contributed by atoms with Crippen molar-refractivity contribution in [2.75, 3.05) is 5.75 Å². The molecular formula is C21H24N4OS. The Kier molecular flexibility index (Phi) is 5.16. The fraction of sp³-hybridized carbons (Fsp3) is 0.381. The third kappa shape index (κ3) is 3.72. The van der Waals surface area contributed by atoms with Crippen LogP contribution in [0.1, 0.15) is 33.1 Å². The Morgan fingerprint density at radius 2 is 1.96 bits per heavy atom. The van der Waals surface area contributed by atoms with E-state index in [1.165, 1.54) is 18.2 Å². The number of hydrogen-bond acceptors (Lipinski definition) is 4. The molecule has 5 nitrogen and oxygen atoms in total. The second-order valence-electron chi connectivity index (χ2n) is 7.18. The Balaban J connectivity index is 1.54. The molecule has 0 aliphatic carbocycles. The number of nitrogens with zero attached hydrogens (tertiary/aromatic N) is 3. The Morgan fingerprint density at radius 1 is 1.19 bits per heavy atom. The number of carbonyl (C=O) groups is 1. The van der Waals surface area contributed by atoms with Crippen LogP contribution in [0.15, 0.2) is 47.6 Å². The van der Waals surface area contributed by atoms with E-state index in [1.807, 2.05) is 36.4 Å². The molecule has 1 aliphatic rings. The quantitative estimate of drug-likeness (QED) is 0.677. The van der Waals surface area contributed by atoms with E-state index in [0.717, 1.165) is 40.3 Å². The molecule has 0 bridgehead atoms. The maximum atomic E-state index is 12.8. The molecule has 0 radical (unpaired) electrons. The topological polar surface area (TPSA) is 61.9 Å². The Labute approximate surface area is 163 Å². The van der Waals surface area contributed by atoms with Crippen LogP contribution in [-0.4, -0.2) is 43.6 Å². The van der Waals surface area contributed by atoms with E-state index in [1.54, 1.807) is 6.20 Å². The average Bonchev–Trinajstić information content (AvgIpc) is 3.10. The lowest BCUT2D eigenvalue weighted by atomic mass is 9.98. The first-order chi connectivity index (χ1) is 13.1. The highest BCUT2D eigenvalue weighted by Crippen LogP contribution is 2.30. The van der Waals surface area contributed by atoms with Crippen molar-refractivity contribution in [2.24, 2.45) is 0 Å². The van der Waals surface area contributed by atoms with Crippen molar-refractivity contribution in [1.82, 2.24) is 19.9 Å². The van der Waals surface area contributed by atoms with Gasteiger partial charge in [0.05, 0.1) is 16.8 Å². The maximum Gasteiger partial charge on any atom is 0.233 e. The van der Waals surface area contributed by atoms with Gasteiger partial charge in [0.25, 0.3) is 0 Å².